The molecule has 0 unspecified atom stereocenters. The third-order valence-electron chi connectivity index (χ3n) is 3.08. The largest absolute Gasteiger partial charge is 0.506 e. The fourth-order valence-corrected chi connectivity index (χ4v) is 2.29. The molecule has 0 saturated carbocycles. The summed E-state index contributed by atoms with van der Waals surface area (Å²) in [5.74, 6) is -1.26. The summed E-state index contributed by atoms with van der Waals surface area (Å²) in [6, 6.07) is 7.46. The summed E-state index contributed by atoms with van der Waals surface area (Å²) >= 11 is 5.80. The molecule has 126 valence electrons. The van der Waals surface area contributed by atoms with Crippen LogP contribution >= 0.6 is 11.6 Å². The normalized spacial score (nSPS) is 11.7. The standard InChI is InChI=1S/C16H12ClF3N2O2/c1-9-6-10(14(23)13(17)7-9)8-21-22-15(24)11-4-2-3-5-12(11)16(18,19)20/h2-8,23H,1H3,(H,22,24)/b21-8+. The van der Waals surface area contributed by atoms with Crippen molar-refractivity contribution in [2.45, 2.75) is 13.1 Å². The van der Waals surface area contributed by atoms with Gasteiger partial charge in [-0.1, -0.05) is 23.7 Å². The summed E-state index contributed by atoms with van der Waals surface area (Å²) < 4.78 is 38.6. The summed E-state index contributed by atoms with van der Waals surface area (Å²) in [6.07, 6.45) is -3.55. The second-order valence-electron chi connectivity index (χ2n) is 4.93. The third kappa shape index (κ3) is 4.05. The maximum atomic E-state index is 12.9. The summed E-state index contributed by atoms with van der Waals surface area (Å²) in [6.45, 7) is 1.74. The number of amides is 1. The minimum Gasteiger partial charge on any atom is -0.506 e. The van der Waals surface area contributed by atoms with E-state index in [2.05, 4.69) is 5.10 Å². The van der Waals surface area contributed by atoms with Gasteiger partial charge in [0.1, 0.15) is 5.75 Å². The molecule has 0 radical (unpaired) electrons. The van der Waals surface area contributed by atoms with Gasteiger partial charge in [0.05, 0.1) is 22.4 Å². The van der Waals surface area contributed by atoms with Crippen LogP contribution in [0.3, 0.4) is 0 Å². The van der Waals surface area contributed by atoms with Gasteiger partial charge >= 0.3 is 6.18 Å². The van der Waals surface area contributed by atoms with Crippen molar-refractivity contribution in [1.29, 1.82) is 0 Å². The van der Waals surface area contributed by atoms with Crippen LogP contribution in [0.1, 0.15) is 27.0 Å². The first-order chi connectivity index (χ1) is 11.2. The molecule has 0 heterocycles. The van der Waals surface area contributed by atoms with Crippen LogP contribution in [-0.4, -0.2) is 17.2 Å². The Bertz CT molecular complexity index is 804. The number of hydrazone groups is 1. The number of carbonyl (C=O) groups excluding carboxylic acids is 1. The minimum atomic E-state index is -4.65. The zero-order valence-electron chi connectivity index (χ0n) is 12.4. The number of aryl methyl sites for hydroxylation is 1. The van der Waals surface area contributed by atoms with Gasteiger partial charge in [0, 0.05) is 5.56 Å². The Morgan fingerprint density at radius 1 is 1.29 bits per heavy atom. The van der Waals surface area contributed by atoms with Gasteiger partial charge in [0.2, 0.25) is 0 Å². The molecule has 2 aromatic carbocycles. The van der Waals surface area contributed by atoms with E-state index in [4.69, 9.17) is 11.6 Å². The van der Waals surface area contributed by atoms with Gasteiger partial charge in [-0.15, -0.1) is 0 Å². The molecule has 2 N–H and O–H groups in total. The maximum Gasteiger partial charge on any atom is 0.417 e. The van der Waals surface area contributed by atoms with Crippen LogP contribution in [0.5, 0.6) is 5.75 Å². The Kier molecular flexibility index (Phi) is 5.14. The monoisotopic (exact) mass is 356 g/mol. The lowest BCUT2D eigenvalue weighted by molar-refractivity contribution is -0.137. The molecule has 0 atom stereocenters. The zero-order chi connectivity index (χ0) is 17.9. The van der Waals surface area contributed by atoms with E-state index < -0.39 is 23.2 Å². The molecule has 4 nitrogen and oxygen atoms in total. The van der Waals surface area contributed by atoms with Crippen molar-refractivity contribution in [2.75, 3.05) is 0 Å². The molecule has 0 aromatic heterocycles. The molecule has 0 bridgehead atoms. The first-order valence-electron chi connectivity index (χ1n) is 6.69. The number of benzene rings is 2. The molecule has 0 saturated heterocycles. The van der Waals surface area contributed by atoms with Crippen molar-refractivity contribution < 1.29 is 23.1 Å². The number of phenols is 1. The quantitative estimate of drug-likeness (QED) is 0.641. The topological polar surface area (TPSA) is 61.7 Å². The number of nitrogens with zero attached hydrogens (tertiary/aromatic N) is 1. The molecule has 0 aliphatic carbocycles. The Morgan fingerprint density at radius 3 is 2.62 bits per heavy atom. The van der Waals surface area contributed by atoms with E-state index in [1.54, 1.807) is 13.0 Å². The number of carbonyl (C=O) groups is 1. The highest BCUT2D eigenvalue weighted by molar-refractivity contribution is 6.32. The van der Waals surface area contributed by atoms with E-state index >= 15 is 0 Å². The summed E-state index contributed by atoms with van der Waals surface area (Å²) in [4.78, 5) is 11.9. The highest BCUT2D eigenvalue weighted by Crippen LogP contribution is 2.31. The zero-order valence-corrected chi connectivity index (χ0v) is 13.1. The number of hydrogen-bond acceptors (Lipinski definition) is 3. The number of rotatable bonds is 3. The summed E-state index contributed by atoms with van der Waals surface area (Å²) in [7, 11) is 0. The molecule has 2 rings (SSSR count). The molecule has 2 aromatic rings. The second-order valence-corrected chi connectivity index (χ2v) is 5.33. The average Bonchev–Trinajstić information content (AvgIpc) is 2.51. The fraction of sp³-hybridized carbons (Fsp3) is 0.125. The number of nitrogens with one attached hydrogen (secondary N) is 1. The van der Waals surface area contributed by atoms with E-state index in [9.17, 15) is 23.1 Å². The molecular formula is C16H12ClF3N2O2. The average molecular weight is 357 g/mol. The first kappa shape index (κ1) is 17.8. The van der Waals surface area contributed by atoms with Crippen LogP contribution in [0.4, 0.5) is 13.2 Å². The summed E-state index contributed by atoms with van der Waals surface area (Å²) in [5, 5.41) is 13.4. The van der Waals surface area contributed by atoms with Gasteiger partial charge < -0.3 is 5.11 Å². The highest BCUT2D eigenvalue weighted by Gasteiger charge is 2.34. The van der Waals surface area contributed by atoms with Crippen molar-refractivity contribution in [2.24, 2.45) is 5.10 Å². The van der Waals surface area contributed by atoms with E-state index in [0.717, 1.165) is 23.9 Å². The van der Waals surface area contributed by atoms with Crippen molar-refractivity contribution in [1.82, 2.24) is 5.43 Å². The van der Waals surface area contributed by atoms with Crippen molar-refractivity contribution >= 4 is 23.7 Å². The number of hydrogen-bond donors (Lipinski definition) is 2. The second kappa shape index (κ2) is 6.92. The predicted molar refractivity (Wildman–Crippen MR) is 84.4 cm³/mol. The van der Waals surface area contributed by atoms with Gasteiger partial charge in [0.25, 0.3) is 5.91 Å². The number of alkyl halides is 3. The van der Waals surface area contributed by atoms with Crippen LogP contribution in [0.25, 0.3) is 0 Å². The van der Waals surface area contributed by atoms with Crippen LogP contribution in [0.15, 0.2) is 41.5 Å². The molecule has 8 heteroatoms. The molecule has 24 heavy (non-hydrogen) atoms. The van der Waals surface area contributed by atoms with Gasteiger partial charge in [-0.3, -0.25) is 4.79 Å². The predicted octanol–water partition coefficient (Wildman–Crippen LogP) is 4.14. The third-order valence-corrected chi connectivity index (χ3v) is 3.37. The van der Waals surface area contributed by atoms with Crippen LogP contribution in [0, 0.1) is 6.92 Å². The smallest absolute Gasteiger partial charge is 0.417 e. The van der Waals surface area contributed by atoms with Gasteiger partial charge in [-0.05, 0) is 36.8 Å². The van der Waals surface area contributed by atoms with Gasteiger partial charge in [0.15, 0.2) is 0 Å². The lowest BCUT2D eigenvalue weighted by Crippen LogP contribution is -2.22. The molecule has 0 spiro atoms. The molecular weight excluding hydrogens is 345 g/mol. The minimum absolute atomic E-state index is 0.102. The van der Waals surface area contributed by atoms with Crippen molar-refractivity contribution in [3.8, 4) is 5.75 Å². The maximum absolute atomic E-state index is 12.9. The Labute approximate surface area is 140 Å². The highest BCUT2D eigenvalue weighted by atomic mass is 35.5. The molecule has 0 aliphatic heterocycles. The lowest BCUT2D eigenvalue weighted by atomic mass is 10.1. The van der Waals surface area contributed by atoms with E-state index in [0.29, 0.717) is 0 Å². The number of phenolic OH excluding ortho intramolecular Hbond substituents is 1. The summed E-state index contributed by atoms with van der Waals surface area (Å²) in [5.41, 5.74) is 1.37. The Morgan fingerprint density at radius 2 is 1.96 bits per heavy atom. The van der Waals surface area contributed by atoms with E-state index in [1.807, 2.05) is 5.43 Å². The molecule has 0 aliphatic rings. The SMILES string of the molecule is Cc1cc(Cl)c(O)c(/C=N/NC(=O)c2ccccc2C(F)(F)F)c1. The fourth-order valence-electron chi connectivity index (χ4n) is 2.01. The number of halogens is 4. The molecule has 0 fully saturated rings. The Balaban J connectivity index is 2.21. The lowest BCUT2D eigenvalue weighted by Gasteiger charge is -2.11. The van der Waals surface area contributed by atoms with E-state index in [1.165, 1.54) is 18.2 Å². The first-order valence-corrected chi connectivity index (χ1v) is 7.06. The van der Waals surface area contributed by atoms with Gasteiger partial charge in [-0.2, -0.15) is 18.3 Å². The Hall–Kier alpha value is -2.54. The van der Waals surface area contributed by atoms with E-state index in [-0.39, 0.29) is 16.3 Å². The van der Waals surface area contributed by atoms with Crippen molar-refractivity contribution in [3.05, 3.63) is 63.7 Å². The van der Waals surface area contributed by atoms with Crippen LogP contribution < -0.4 is 5.43 Å². The molecule has 1 amide bonds. The van der Waals surface area contributed by atoms with Crippen LogP contribution in [0.2, 0.25) is 5.02 Å². The van der Waals surface area contributed by atoms with Crippen molar-refractivity contribution in [3.63, 3.8) is 0 Å². The number of aromatic hydroxyl groups is 1. The van der Waals surface area contributed by atoms with Crippen LogP contribution in [-0.2, 0) is 6.18 Å². The van der Waals surface area contributed by atoms with Gasteiger partial charge in [-0.25, -0.2) is 5.43 Å².